The molecule has 4 rings (SSSR count). The monoisotopic (exact) mass is 344 g/mol. The van der Waals surface area contributed by atoms with Gasteiger partial charge in [0.05, 0.1) is 11.8 Å². The Hall–Kier alpha value is -3.09. The van der Waals surface area contributed by atoms with E-state index in [1.165, 1.54) is 18.4 Å². The molecule has 0 unspecified atom stereocenters. The molecule has 2 heterocycles. The van der Waals surface area contributed by atoms with Gasteiger partial charge in [0.1, 0.15) is 5.58 Å². The van der Waals surface area contributed by atoms with E-state index in [1.54, 1.807) is 31.2 Å². The normalized spacial score (nSPS) is 12.0. The van der Waals surface area contributed by atoms with Crippen LogP contribution in [0.15, 0.2) is 57.6 Å². The lowest BCUT2D eigenvalue weighted by Gasteiger charge is -2.11. The minimum Gasteiger partial charge on any atom is -0.464 e. The number of alkyl halides is 3. The average molecular weight is 344 g/mol. The van der Waals surface area contributed by atoms with E-state index < -0.39 is 11.7 Å². The minimum atomic E-state index is -4.46. The minimum absolute atomic E-state index is 0.0626. The lowest BCUT2D eigenvalue weighted by atomic mass is 9.98. The summed E-state index contributed by atoms with van der Waals surface area (Å²) in [6.45, 7) is 1.66. The van der Waals surface area contributed by atoms with Gasteiger partial charge in [0.2, 0.25) is 11.8 Å². The van der Waals surface area contributed by atoms with Crippen LogP contribution in [0, 0.1) is 6.92 Å². The molecule has 0 aliphatic rings. The van der Waals surface area contributed by atoms with E-state index in [9.17, 15) is 13.2 Å². The number of fused-ring (bicyclic) bond motifs is 1. The highest BCUT2D eigenvalue weighted by atomic mass is 19.4. The smallest absolute Gasteiger partial charge is 0.417 e. The van der Waals surface area contributed by atoms with Gasteiger partial charge in [-0.3, -0.25) is 0 Å². The molecule has 2 aromatic heterocycles. The van der Waals surface area contributed by atoms with Crippen molar-refractivity contribution in [3.8, 4) is 22.6 Å². The lowest BCUT2D eigenvalue weighted by molar-refractivity contribution is -0.137. The predicted octanol–water partition coefficient (Wildman–Crippen LogP) is 5.48. The van der Waals surface area contributed by atoms with E-state index >= 15 is 0 Å². The van der Waals surface area contributed by atoms with Crippen molar-refractivity contribution in [3.05, 3.63) is 60.2 Å². The molecule has 0 N–H and O–H groups in total. The molecule has 7 heteroatoms. The SMILES string of the molecule is Cc1nnc(-c2ccc3occ(-c4ccccc4C(F)(F)F)c3c2)o1. The third-order valence-corrected chi connectivity index (χ3v) is 3.87. The summed E-state index contributed by atoms with van der Waals surface area (Å²) in [5.41, 5.74) is 0.803. The van der Waals surface area contributed by atoms with Crippen LogP contribution >= 0.6 is 0 Å². The van der Waals surface area contributed by atoms with E-state index in [1.807, 2.05) is 0 Å². The van der Waals surface area contributed by atoms with Gasteiger partial charge in [-0.2, -0.15) is 13.2 Å². The summed E-state index contributed by atoms with van der Waals surface area (Å²) in [5.74, 6) is 0.709. The fourth-order valence-electron chi connectivity index (χ4n) is 2.75. The van der Waals surface area contributed by atoms with E-state index in [0.717, 1.165) is 6.07 Å². The van der Waals surface area contributed by atoms with Gasteiger partial charge in [0, 0.05) is 23.4 Å². The number of aryl methyl sites for hydroxylation is 1. The van der Waals surface area contributed by atoms with E-state index in [2.05, 4.69) is 10.2 Å². The van der Waals surface area contributed by atoms with Crippen molar-refractivity contribution in [2.75, 3.05) is 0 Å². The second kappa shape index (κ2) is 5.47. The van der Waals surface area contributed by atoms with Gasteiger partial charge in [-0.25, -0.2) is 0 Å². The zero-order valence-electron chi connectivity index (χ0n) is 13.0. The van der Waals surface area contributed by atoms with Crippen molar-refractivity contribution in [2.24, 2.45) is 0 Å². The van der Waals surface area contributed by atoms with Gasteiger partial charge in [-0.1, -0.05) is 18.2 Å². The molecule has 126 valence electrons. The zero-order chi connectivity index (χ0) is 17.6. The quantitative estimate of drug-likeness (QED) is 0.483. The summed E-state index contributed by atoms with van der Waals surface area (Å²) >= 11 is 0. The van der Waals surface area contributed by atoms with Crippen LogP contribution in [-0.4, -0.2) is 10.2 Å². The van der Waals surface area contributed by atoms with Crippen LogP contribution in [0.2, 0.25) is 0 Å². The van der Waals surface area contributed by atoms with Gasteiger partial charge >= 0.3 is 6.18 Å². The molecule has 25 heavy (non-hydrogen) atoms. The Morgan fingerprint density at radius 3 is 2.48 bits per heavy atom. The number of benzene rings is 2. The molecule has 0 saturated heterocycles. The fraction of sp³-hybridized carbons (Fsp3) is 0.111. The number of hydrogen-bond donors (Lipinski definition) is 0. The Balaban J connectivity index is 1.92. The molecule has 0 saturated carbocycles. The molecule has 4 nitrogen and oxygen atoms in total. The second-order valence-electron chi connectivity index (χ2n) is 5.53. The maximum atomic E-state index is 13.3. The first-order valence-corrected chi connectivity index (χ1v) is 7.42. The number of rotatable bonds is 2. The number of aromatic nitrogens is 2. The molecule has 0 bridgehead atoms. The predicted molar refractivity (Wildman–Crippen MR) is 84.7 cm³/mol. The summed E-state index contributed by atoms with van der Waals surface area (Å²) in [6.07, 6.45) is -3.13. The van der Waals surface area contributed by atoms with Crippen LogP contribution in [0.25, 0.3) is 33.6 Å². The maximum absolute atomic E-state index is 13.3. The topological polar surface area (TPSA) is 52.1 Å². The van der Waals surface area contributed by atoms with E-state index in [-0.39, 0.29) is 5.56 Å². The Morgan fingerprint density at radius 1 is 0.960 bits per heavy atom. The molecule has 0 spiro atoms. The van der Waals surface area contributed by atoms with Crippen molar-refractivity contribution in [1.82, 2.24) is 10.2 Å². The zero-order valence-corrected chi connectivity index (χ0v) is 13.0. The second-order valence-corrected chi connectivity index (χ2v) is 5.53. The molecule has 0 aliphatic carbocycles. The highest BCUT2D eigenvalue weighted by Gasteiger charge is 2.34. The highest BCUT2D eigenvalue weighted by molar-refractivity contribution is 5.96. The summed E-state index contributed by atoms with van der Waals surface area (Å²) in [6, 6.07) is 10.5. The number of hydrogen-bond acceptors (Lipinski definition) is 4. The van der Waals surface area contributed by atoms with Gasteiger partial charge in [0.25, 0.3) is 0 Å². The van der Waals surface area contributed by atoms with Gasteiger partial charge in [-0.15, -0.1) is 10.2 Å². The molecule has 0 amide bonds. The first-order valence-electron chi connectivity index (χ1n) is 7.42. The standard InChI is InChI=1S/C18H11F3N2O2/c1-10-22-23-17(25-10)11-6-7-16-13(8-11)14(9-24-16)12-4-2-3-5-15(12)18(19,20)21/h2-9H,1H3. The third kappa shape index (κ3) is 2.67. The Labute approximate surface area is 139 Å². The largest absolute Gasteiger partial charge is 0.464 e. The first-order chi connectivity index (χ1) is 11.9. The maximum Gasteiger partial charge on any atom is 0.417 e. The first kappa shape index (κ1) is 15.4. The Bertz CT molecular complexity index is 1060. The number of furan rings is 1. The van der Waals surface area contributed by atoms with Crippen molar-refractivity contribution in [2.45, 2.75) is 13.1 Å². The lowest BCUT2D eigenvalue weighted by Crippen LogP contribution is -2.06. The molecule has 4 aromatic rings. The van der Waals surface area contributed by atoms with Gasteiger partial charge < -0.3 is 8.83 Å². The van der Waals surface area contributed by atoms with Crippen LogP contribution < -0.4 is 0 Å². The van der Waals surface area contributed by atoms with Gasteiger partial charge in [0.15, 0.2) is 0 Å². The number of halogens is 3. The fourth-order valence-corrected chi connectivity index (χ4v) is 2.75. The summed E-state index contributed by atoms with van der Waals surface area (Å²) < 4.78 is 50.8. The Morgan fingerprint density at radius 2 is 1.76 bits per heavy atom. The van der Waals surface area contributed by atoms with Crippen LogP contribution in [0.4, 0.5) is 13.2 Å². The molecule has 2 aromatic carbocycles. The van der Waals surface area contributed by atoms with Crippen LogP contribution in [-0.2, 0) is 6.18 Å². The highest BCUT2D eigenvalue weighted by Crippen LogP contribution is 2.40. The summed E-state index contributed by atoms with van der Waals surface area (Å²) in [5, 5.41) is 8.25. The molecular weight excluding hydrogens is 333 g/mol. The average Bonchev–Trinajstić information content (AvgIpc) is 3.19. The van der Waals surface area contributed by atoms with Crippen molar-refractivity contribution in [1.29, 1.82) is 0 Å². The molecule has 0 fully saturated rings. The van der Waals surface area contributed by atoms with Crippen LogP contribution in [0.3, 0.4) is 0 Å². The van der Waals surface area contributed by atoms with Crippen molar-refractivity contribution < 1.29 is 22.0 Å². The van der Waals surface area contributed by atoms with Crippen LogP contribution in [0.1, 0.15) is 11.5 Å². The molecule has 0 aliphatic heterocycles. The molecular formula is C18H11F3N2O2. The van der Waals surface area contributed by atoms with Crippen molar-refractivity contribution >= 4 is 11.0 Å². The van der Waals surface area contributed by atoms with Gasteiger partial charge in [-0.05, 0) is 29.8 Å². The summed E-state index contributed by atoms with van der Waals surface area (Å²) in [4.78, 5) is 0. The van der Waals surface area contributed by atoms with Crippen LogP contribution in [0.5, 0.6) is 0 Å². The third-order valence-electron chi connectivity index (χ3n) is 3.87. The summed E-state index contributed by atoms with van der Waals surface area (Å²) in [7, 11) is 0. The van der Waals surface area contributed by atoms with E-state index in [4.69, 9.17) is 8.83 Å². The number of nitrogens with zero attached hydrogens (tertiary/aromatic N) is 2. The molecule has 0 radical (unpaired) electrons. The van der Waals surface area contributed by atoms with Crippen molar-refractivity contribution in [3.63, 3.8) is 0 Å². The molecule has 0 atom stereocenters. The van der Waals surface area contributed by atoms with E-state index in [0.29, 0.717) is 33.9 Å². The Kier molecular flexibility index (Phi) is 3.38.